The molecule has 0 aliphatic heterocycles. The molecular formula is C22H25N3O. The SMILES string of the molecule is COc1cccc(-c2ccc(Nc3cccc(CN(C)C)c3)c(C)n2)c1. The number of aryl methyl sites for hydroxylation is 1. The molecule has 1 heterocycles. The van der Waals surface area contributed by atoms with Crippen molar-refractivity contribution in [3.8, 4) is 17.0 Å². The molecule has 1 aromatic heterocycles. The second kappa shape index (κ2) is 8.02. The molecule has 0 aliphatic rings. The van der Waals surface area contributed by atoms with Crippen LogP contribution in [0.2, 0.25) is 0 Å². The van der Waals surface area contributed by atoms with Gasteiger partial charge in [-0.2, -0.15) is 0 Å². The molecule has 0 saturated carbocycles. The van der Waals surface area contributed by atoms with Crippen LogP contribution in [0.5, 0.6) is 5.75 Å². The minimum atomic E-state index is 0.835. The van der Waals surface area contributed by atoms with Gasteiger partial charge in [-0.05, 0) is 63.0 Å². The van der Waals surface area contributed by atoms with E-state index in [-0.39, 0.29) is 0 Å². The number of nitrogens with zero attached hydrogens (tertiary/aromatic N) is 2. The van der Waals surface area contributed by atoms with Gasteiger partial charge in [0.1, 0.15) is 5.75 Å². The van der Waals surface area contributed by atoms with Crippen molar-refractivity contribution >= 4 is 11.4 Å². The van der Waals surface area contributed by atoms with Crippen molar-refractivity contribution in [3.05, 3.63) is 71.9 Å². The van der Waals surface area contributed by atoms with E-state index in [1.54, 1.807) is 7.11 Å². The minimum Gasteiger partial charge on any atom is -0.497 e. The van der Waals surface area contributed by atoms with Crippen LogP contribution in [0.15, 0.2) is 60.7 Å². The number of hydrogen-bond donors (Lipinski definition) is 1. The fourth-order valence-electron chi connectivity index (χ4n) is 2.90. The van der Waals surface area contributed by atoms with Crippen LogP contribution in [-0.2, 0) is 6.54 Å². The number of ether oxygens (including phenoxy) is 1. The molecule has 3 aromatic rings. The Morgan fingerprint density at radius 3 is 2.54 bits per heavy atom. The first-order valence-corrected chi connectivity index (χ1v) is 8.68. The average molecular weight is 347 g/mol. The summed E-state index contributed by atoms with van der Waals surface area (Å²) in [6.07, 6.45) is 0. The first-order valence-electron chi connectivity index (χ1n) is 8.68. The van der Waals surface area contributed by atoms with Crippen molar-refractivity contribution in [3.63, 3.8) is 0 Å². The fraction of sp³-hybridized carbons (Fsp3) is 0.227. The number of benzene rings is 2. The molecule has 26 heavy (non-hydrogen) atoms. The molecule has 3 rings (SSSR count). The molecule has 2 aromatic carbocycles. The van der Waals surface area contributed by atoms with E-state index in [0.717, 1.165) is 40.6 Å². The molecule has 0 unspecified atom stereocenters. The Hall–Kier alpha value is -2.85. The molecular weight excluding hydrogens is 322 g/mol. The van der Waals surface area contributed by atoms with Gasteiger partial charge in [0.05, 0.1) is 24.2 Å². The molecule has 0 saturated heterocycles. The van der Waals surface area contributed by atoms with Crippen molar-refractivity contribution < 1.29 is 4.74 Å². The second-order valence-electron chi connectivity index (χ2n) is 6.62. The van der Waals surface area contributed by atoms with E-state index in [1.807, 2.05) is 37.3 Å². The first-order chi connectivity index (χ1) is 12.5. The summed E-state index contributed by atoms with van der Waals surface area (Å²) in [7, 11) is 5.83. The summed E-state index contributed by atoms with van der Waals surface area (Å²) in [6, 6.07) is 20.5. The summed E-state index contributed by atoms with van der Waals surface area (Å²) < 4.78 is 5.30. The number of hydrogen-bond acceptors (Lipinski definition) is 4. The number of nitrogens with one attached hydrogen (secondary N) is 1. The van der Waals surface area contributed by atoms with E-state index in [1.165, 1.54) is 5.56 Å². The zero-order valence-electron chi connectivity index (χ0n) is 15.8. The number of methoxy groups -OCH3 is 1. The third-order valence-corrected chi connectivity index (χ3v) is 4.16. The normalized spacial score (nSPS) is 10.8. The molecule has 1 N–H and O–H groups in total. The Balaban J connectivity index is 1.82. The summed E-state index contributed by atoms with van der Waals surface area (Å²) in [6.45, 7) is 2.94. The van der Waals surface area contributed by atoms with Gasteiger partial charge < -0.3 is 15.0 Å². The van der Waals surface area contributed by atoms with Crippen LogP contribution in [0.4, 0.5) is 11.4 Å². The van der Waals surface area contributed by atoms with E-state index in [2.05, 4.69) is 54.6 Å². The maximum absolute atomic E-state index is 5.30. The highest BCUT2D eigenvalue weighted by molar-refractivity contribution is 5.67. The third-order valence-electron chi connectivity index (χ3n) is 4.16. The molecule has 0 amide bonds. The van der Waals surface area contributed by atoms with Crippen LogP contribution >= 0.6 is 0 Å². The first kappa shape index (κ1) is 18.0. The van der Waals surface area contributed by atoms with Gasteiger partial charge in [0, 0.05) is 17.8 Å². The molecule has 4 heteroatoms. The van der Waals surface area contributed by atoms with Crippen molar-refractivity contribution in [1.29, 1.82) is 0 Å². The van der Waals surface area contributed by atoms with Crippen LogP contribution in [0.3, 0.4) is 0 Å². The Morgan fingerprint density at radius 1 is 1.00 bits per heavy atom. The summed E-state index contributed by atoms with van der Waals surface area (Å²) in [4.78, 5) is 6.92. The number of aromatic nitrogens is 1. The fourth-order valence-corrected chi connectivity index (χ4v) is 2.90. The summed E-state index contributed by atoms with van der Waals surface area (Å²) in [5.41, 5.74) is 6.31. The second-order valence-corrected chi connectivity index (χ2v) is 6.62. The standard InChI is InChI=1S/C22H25N3O/c1-16-21(24-19-9-5-7-17(13-19)15-25(2)3)11-12-22(23-16)18-8-6-10-20(14-18)26-4/h5-14,24H,15H2,1-4H3. The van der Waals surface area contributed by atoms with Crippen LogP contribution in [-0.4, -0.2) is 31.1 Å². The van der Waals surface area contributed by atoms with Gasteiger partial charge in [0.25, 0.3) is 0 Å². The lowest BCUT2D eigenvalue weighted by molar-refractivity contribution is 0.402. The maximum atomic E-state index is 5.30. The quantitative estimate of drug-likeness (QED) is 0.690. The van der Waals surface area contributed by atoms with Crippen LogP contribution in [0.25, 0.3) is 11.3 Å². The van der Waals surface area contributed by atoms with E-state index in [9.17, 15) is 0 Å². The predicted octanol–water partition coefficient (Wildman–Crippen LogP) is 4.87. The van der Waals surface area contributed by atoms with Crippen LogP contribution in [0, 0.1) is 6.92 Å². The van der Waals surface area contributed by atoms with Crippen LogP contribution in [0.1, 0.15) is 11.3 Å². The molecule has 4 nitrogen and oxygen atoms in total. The Labute approximate surface area is 155 Å². The summed E-state index contributed by atoms with van der Waals surface area (Å²) in [5, 5.41) is 3.48. The lowest BCUT2D eigenvalue weighted by Gasteiger charge is -2.14. The highest BCUT2D eigenvalue weighted by atomic mass is 16.5. The van der Waals surface area contributed by atoms with Crippen molar-refractivity contribution in [2.75, 3.05) is 26.5 Å². The van der Waals surface area contributed by atoms with E-state index in [4.69, 9.17) is 9.72 Å². The predicted molar refractivity (Wildman–Crippen MR) is 108 cm³/mol. The van der Waals surface area contributed by atoms with Gasteiger partial charge in [-0.25, -0.2) is 0 Å². The Bertz CT molecular complexity index is 890. The number of pyridine rings is 1. The topological polar surface area (TPSA) is 37.4 Å². The van der Waals surface area contributed by atoms with E-state index < -0.39 is 0 Å². The monoisotopic (exact) mass is 347 g/mol. The van der Waals surface area contributed by atoms with Crippen molar-refractivity contribution in [2.45, 2.75) is 13.5 Å². The molecule has 0 aliphatic carbocycles. The van der Waals surface area contributed by atoms with Crippen molar-refractivity contribution in [1.82, 2.24) is 9.88 Å². The van der Waals surface area contributed by atoms with E-state index in [0.29, 0.717) is 0 Å². The third kappa shape index (κ3) is 4.41. The average Bonchev–Trinajstić information content (AvgIpc) is 2.63. The van der Waals surface area contributed by atoms with Gasteiger partial charge in [0.15, 0.2) is 0 Å². The molecule has 0 fully saturated rings. The molecule has 0 bridgehead atoms. The largest absolute Gasteiger partial charge is 0.497 e. The van der Waals surface area contributed by atoms with Gasteiger partial charge in [-0.1, -0.05) is 24.3 Å². The highest BCUT2D eigenvalue weighted by Crippen LogP contribution is 2.26. The molecule has 0 spiro atoms. The van der Waals surface area contributed by atoms with Gasteiger partial charge in [0.2, 0.25) is 0 Å². The van der Waals surface area contributed by atoms with Crippen LogP contribution < -0.4 is 10.1 Å². The lowest BCUT2D eigenvalue weighted by Crippen LogP contribution is -2.10. The van der Waals surface area contributed by atoms with Crippen molar-refractivity contribution in [2.24, 2.45) is 0 Å². The van der Waals surface area contributed by atoms with Gasteiger partial charge >= 0.3 is 0 Å². The summed E-state index contributed by atoms with van der Waals surface area (Å²) in [5.74, 6) is 0.835. The number of anilines is 2. The Kier molecular flexibility index (Phi) is 5.54. The minimum absolute atomic E-state index is 0.835. The lowest BCUT2D eigenvalue weighted by atomic mass is 10.1. The smallest absolute Gasteiger partial charge is 0.119 e. The van der Waals surface area contributed by atoms with Gasteiger partial charge in [-0.3, -0.25) is 4.98 Å². The summed E-state index contributed by atoms with van der Waals surface area (Å²) >= 11 is 0. The van der Waals surface area contributed by atoms with E-state index >= 15 is 0 Å². The molecule has 134 valence electrons. The maximum Gasteiger partial charge on any atom is 0.119 e. The zero-order chi connectivity index (χ0) is 18.5. The molecule has 0 atom stereocenters. The molecule has 0 radical (unpaired) electrons. The zero-order valence-corrected chi connectivity index (χ0v) is 15.8. The van der Waals surface area contributed by atoms with Gasteiger partial charge in [-0.15, -0.1) is 0 Å². The number of rotatable bonds is 6. The Morgan fingerprint density at radius 2 is 1.81 bits per heavy atom. The highest BCUT2D eigenvalue weighted by Gasteiger charge is 2.06.